The molecule has 0 aliphatic heterocycles. The third-order valence-electron chi connectivity index (χ3n) is 3.19. The van der Waals surface area contributed by atoms with Crippen molar-refractivity contribution < 1.29 is 14.7 Å². The monoisotopic (exact) mass is 269 g/mol. The Morgan fingerprint density at radius 2 is 2.28 bits per heavy atom. The number of hydrogen-bond acceptors (Lipinski definition) is 4. The zero-order chi connectivity index (χ0) is 13.2. The summed E-state index contributed by atoms with van der Waals surface area (Å²) in [6.45, 7) is 2.01. The highest BCUT2D eigenvalue weighted by Crippen LogP contribution is 2.40. The van der Waals surface area contributed by atoms with Gasteiger partial charge in [0.05, 0.1) is 11.1 Å². The minimum absolute atomic E-state index is 0.165. The number of carboxylic acids is 1. The lowest BCUT2D eigenvalue weighted by Gasteiger charge is -2.37. The normalized spacial score (nSPS) is 16.7. The molecule has 0 bridgehead atoms. The third-order valence-corrected chi connectivity index (χ3v) is 4.07. The number of aromatic nitrogens is 1. The standard InChI is InChI=1S/C11H15N3O3S/c1-7-5-18-10(13-7)14-9(17)12-6-11(8(15)16)3-2-4-11/h5H,2-4,6H2,1H3,(H,15,16)(H2,12,13,14,17). The molecule has 2 rings (SSSR count). The molecule has 0 radical (unpaired) electrons. The van der Waals surface area contributed by atoms with Crippen molar-refractivity contribution in [2.24, 2.45) is 5.41 Å². The fourth-order valence-electron chi connectivity index (χ4n) is 1.87. The first-order chi connectivity index (χ1) is 8.52. The van der Waals surface area contributed by atoms with Gasteiger partial charge in [-0.15, -0.1) is 11.3 Å². The van der Waals surface area contributed by atoms with E-state index in [-0.39, 0.29) is 6.54 Å². The summed E-state index contributed by atoms with van der Waals surface area (Å²) in [4.78, 5) is 26.8. The Kier molecular flexibility index (Phi) is 3.51. The molecule has 0 atom stereocenters. The van der Waals surface area contributed by atoms with E-state index in [0.717, 1.165) is 12.1 Å². The molecule has 2 amide bonds. The van der Waals surface area contributed by atoms with Crippen molar-refractivity contribution in [1.29, 1.82) is 0 Å². The van der Waals surface area contributed by atoms with Crippen molar-refractivity contribution in [3.63, 3.8) is 0 Å². The molecule has 3 N–H and O–H groups in total. The summed E-state index contributed by atoms with van der Waals surface area (Å²) in [6, 6.07) is -0.406. The van der Waals surface area contributed by atoms with Gasteiger partial charge in [0.25, 0.3) is 0 Å². The second-order valence-corrected chi connectivity index (χ2v) is 5.40. The summed E-state index contributed by atoms with van der Waals surface area (Å²) in [7, 11) is 0. The number of nitrogens with one attached hydrogen (secondary N) is 2. The summed E-state index contributed by atoms with van der Waals surface area (Å²) >= 11 is 1.34. The molecular formula is C11H15N3O3S. The summed E-state index contributed by atoms with van der Waals surface area (Å²) in [5.41, 5.74) is 0.0761. The fourth-order valence-corrected chi connectivity index (χ4v) is 2.56. The van der Waals surface area contributed by atoms with Crippen molar-refractivity contribution in [2.75, 3.05) is 11.9 Å². The highest BCUT2D eigenvalue weighted by molar-refractivity contribution is 7.13. The lowest BCUT2D eigenvalue weighted by atomic mass is 9.69. The number of hydrogen-bond donors (Lipinski definition) is 3. The molecular weight excluding hydrogens is 254 g/mol. The van der Waals surface area contributed by atoms with Crippen molar-refractivity contribution in [2.45, 2.75) is 26.2 Å². The quantitative estimate of drug-likeness (QED) is 0.777. The zero-order valence-electron chi connectivity index (χ0n) is 10.0. The van der Waals surface area contributed by atoms with Crippen LogP contribution >= 0.6 is 11.3 Å². The van der Waals surface area contributed by atoms with Gasteiger partial charge in [-0.05, 0) is 19.8 Å². The molecule has 0 aromatic carbocycles. The van der Waals surface area contributed by atoms with Gasteiger partial charge in [0, 0.05) is 11.9 Å². The number of urea groups is 1. The molecule has 1 aliphatic rings. The van der Waals surface area contributed by atoms with Gasteiger partial charge in [0.2, 0.25) is 0 Å². The van der Waals surface area contributed by atoms with Crippen LogP contribution in [0.3, 0.4) is 0 Å². The Hall–Kier alpha value is -1.63. The predicted octanol–water partition coefficient (Wildman–Crippen LogP) is 1.83. The maximum absolute atomic E-state index is 11.6. The van der Waals surface area contributed by atoms with Gasteiger partial charge >= 0.3 is 12.0 Å². The molecule has 0 spiro atoms. The van der Waals surface area contributed by atoms with Crippen LogP contribution in [-0.4, -0.2) is 28.6 Å². The molecule has 0 saturated heterocycles. The number of nitrogens with zero attached hydrogens (tertiary/aromatic N) is 1. The van der Waals surface area contributed by atoms with E-state index in [9.17, 15) is 9.59 Å². The van der Waals surface area contributed by atoms with Gasteiger partial charge in [-0.1, -0.05) is 6.42 Å². The second kappa shape index (κ2) is 4.93. The number of amides is 2. The Morgan fingerprint density at radius 3 is 2.72 bits per heavy atom. The molecule has 1 aliphatic carbocycles. The van der Waals surface area contributed by atoms with Crippen molar-refractivity contribution in [3.8, 4) is 0 Å². The van der Waals surface area contributed by atoms with E-state index in [4.69, 9.17) is 5.11 Å². The molecule has 0 unspecified atom stereocenters. The Morgan fingerprint density at radius 1 is 1.56 bits per heavy atom. The Bertz CT molecular complexity index is 468. The Balaban J connectivity index is 1.83. The van der Waals surface area contributed by atoms with Gasteiger partial charge in [0.15, 0.2) is 5.13 Å². The first-order valence-corrected chi connectivity index (χ1v) is 6.60. The molecule has 1 saturated carbocycles. The highest BCUT2D eigenvalue weighted by atomic mass is 32.1. The van der Waals surface area contributed by atoms with Crippen LogP contribution in [0.5, 0.6) is 0 Å². The smallest absolute Gasteiger partial charge is 0.321 e. The SMILES string of the molecule is Cc1csc(NC(=O)NCC2(C(=O)O)CCC2)n1. The molecule has 1 aromatic rings. The summed E-state index contributed by atoms with van der Waals surface area (Å²) in [6.07, 6.45) is 2.15. The summed E-state index contributed by atoms with van der Waals surface area (Å²) in [5.74, 6) is -0.834. The van der Waals surface area contributed by atoms with E-state index in [1.807, 2.05) is 12.3 Å². The van der Waals surface area contributed by atoms with Gasteiger partial charge in [-0.25, -0.2) is 9.78 Å². The van der Waals surface area contributed by atoms with Crippen LogP contribution in [0.4, 0.5) is 9.93 Å². The molecule has 6 nitrogen and oxygen atoms in total. The summed E-state index contributed by atoms with van der Waals surface area (Å²) < 4.78 is 0. The second-order valence-electron chi connectivity index (χ2n) is 4.54. The minimum Gasteiger partial charge on any atom is -0.481 e. The van der Waals surface area contributed by atoms with E-state index in [2.05, 4.69) is 15.6 Å². The first kappa shape index (κ1) is 12.8. The molecule has 7 heteroatoms. The number of carbonyl (C=O) groups excluding carboxylic acids is 1. The average Bonchev–Trinajstić information content (AvgIpc) is 2.61. The minimum atomic E-state index is -0.834. The largest absolute Gasteiger partial charge is 0.481 e. The maximum atomic E-state index is 11.6. The van der Waals surface area contributed by atoms with Gasteiger partial charge in [-0.2, -0.15) is 0 Å². The van der Waals surface area contributed by atoms with Crippen molar-refractivity contribution in [1.82, 2.24) is 10.3 Å². The first-order valence-electron chi connectivity index (χ1n) is 5.72. The van der Waals surface area contributed by atoms with Crippen molar-refractivity contribution in [3.05, 3.63) is 11.1 Å². The van der Waals surface area contributed by atoms with Gasteiger partial charge in [0.1, 0.15) is 0 Å². The zero-order valence-corrected chi connectivity index (χ0v) is 10.8. The average molecular weight is 269 g/mol. The van der Waals surface area contributed by atoms with Crippen LogP contribution < -0.4 is 10.6 Å². The molecule has 18 heavy (non-hydrogen) atoms. The topological polar surface area (TPSA) is 91.3 Å². The predicted molar refractivity (Wildman–Crippen MR) is 67.8 cm³/mol. The van der Waals surface area contributed by atoms with Crippen LogP contribution in [-0.2, 0) is 4.79 Å². The molecule has 1 aromatic heterocycles. The highest BCUT2D eigenvalue weighted by Gasteiger charge is 2.44. The third kappa shape index (κ3) is 2.61. The number of thiazole rings is 1. The number of aliphatic carboxylic acids is 1. The number of aryl methyl sites for hydroxylation is 1. The van der Waals surface area contributed by atoms with Crippen LogP contribution in [0.2, 0.25) is 0 Å². The molecule has 1 heterocycles. The molecule has 98 valence electrons. The maximum Gasteiger partial charge on any atom is 0.321 e. The number of rotatable bonds is 4. The lowest BCUT2D eigenvalue weighted by molar-refractivity contribution is -0.153. The Labute approximate surface area is 108 Å². The molecule has 1 fully saturated rings. The number of carboxylic acid groups (broad SMARTS) is 1. The van der Waals surface area contributed by atoms with Crippen LogP contribution in [0, 0.1) is 12.3 Å². The lowest BCUT2D eigenvalue weighted by Crippen LogP contribution is -2.48. The van der Waals surface area contributed by atoms with Crippen LogP contribution in [0.25, 0.3) is 0 Å². The van der Waals surface area contributed by atoms with E-state index in [1.165, 1.54) is 11.3 Å². The van der Waals surface area contributed by atoms with Crippen molar-refractivity contribution >= 4 is 28.5 Å². The van der Waals surface area contributed by atoms with E-state index in [0.29, 0.717) is 18.0 Å². The fraction of sp³-hybridized carbons (Fsp3) is 0.545. The van der Waals surface area contributed by atoms with E-state index < -0.39 is 17.4 Å². The van der Waals surface area contributed by atoms with Gasteiger partial charge in [-0.3, -0.25) is 10.1 Å². The number of anilines is 1. The van der Waals surface area contributed by atoms with Crippen LogP contribution in [0.1, 0.15) is 25.0 Å². The van der Waals surface area contributed by atoms with E-state index >= 15 is 0 Å². The van der Waals surface area contributed by atoms with E-state index in [1.54, 1.807) is 0 Å². The van der Waals surface area contributed by atoms with Gasteiger partial charge < -0.3 is 10.4 Å². The summed E-state index contributed by atoms with van der Waals surface area (Å²) in [5, 5.41) is 16.6. The number of carbonyl (C=O) groups is 2. The van der Waals surface area contributed by atoms with Crippen LogP contribution in [0.15, 0.2) is 5.38 Å².